The van der Waals surface area contributed by atoms with Gasteiger partial charge in [-0.2, -0.15) is 8.78 Å². The van der Waals surface area contributed by atoms with Crippen molar-refractivity contribution in [2.75, 3.05) is 13.1 Å². The lowest BCUT2D eigenvalue weighted by Crippen LogP contribution is -2.42. The Morgan fingerprint density at radius 2 is 1.86 bits per heavy atom. The lowest BCUT2D eigenvalue weighted by Gasteiger charge is -2.33. The maximum Gasteiger partial charge on any atom is 0.410 e. The fourth-order valence-corrected chi connectivity index (χ4v) is 4.54. The molecule has 1 amide bonds. The molecule has 0 saturated carbocycles. The summed E-state index contributed by atoms with van der Waals surface area (Å²) in [4.78, 5) is 37.0. The molecule has 0 unspecified atom stereocenters. The van der Waals surface area contributed by atoms with Gasteiger partial charge in [0.2, 0.25) is 0 Å². The van der Waals surface area contributed by atoms with Crippen molar-refractivity contribution >= 4 is 17.3 Å². The summed E-state index contributed by atoms with van der Waals surface area (Å²) in [7, 11) is 0. The summed E-state index contributed by atoms with van der Waals surface area (Å²) in [5, 5.41) is 0. The first kappa shape index (κ1) is 26.5. The van der Waals surface area contributed by atoms with Gasteiger partial charge in [-0.25, -0.2) is 9.78 Å². The first-order valence-electron chi connectivity index (χ1n) is 12.3. The van der Waals surface area contributed by atoms with E-state index in [1.54, 1.807) is 43.1 Å². The minimum absolute atomic E-state index is 0.000390. The molecule has 0 spiro atoms. The third kappa shape index (κ3) is 6.23. The van der Waals surface area contributed by atoms with Gasteiger partial charge in [0.1, 0.15) is 16.9 Å². The SMILES string of the molecule is Cc1ccc(Cn2c(=O)c(C3CCN(C(=O)OC(C)(C)C)CC3)cc3ncc(C)nc32)c(OC(F)F)c1. The van der Waals surface area contributed by atoms with Crippen LogP contribution in [0, 0.1) is 13.8 Å². The van der Waals surface area contributed by atoms with E-state index in [9.17, 15) is 18.4 Å². The molecular formula is C27H32F2N4O4. The molecule has 198 valence electrons. The molecule has 0 radical (unpaired) electrons. The summed E-state index contributed by atoms with van der Waals surface area (Å²) in [5.74, 6) is -0.0773. The molecule has 1 aromatic carbocycles. The second kappa shape index (κ2) is 10.4. The van der Waals surface area contributed by atoms with Gasteiger partial charge in [0.25, 0.3) is 5.56 Å². The number of pyridine rings is 1. The van der Waals surface area contributed by atoms with Crippen LogP contribution in [0.15, 0.2) is 35.3 Å². The highest BCUT2D eigenvalue weighted by molar-refractivity contribution is 5.71. The molecule has 3 aromatic rings. The van der Waals surface area contributed by atoms with Crippen LogP contribution in [-0.4, -0.2) is 50.8 Å². The Hall–Kier alpha value is -3.56. The van der Waals surface area contributed by atoms with Crippen LogP contribution in [0.25, 0.3) is 11.2 Å². The number of hydrogen-bond acceptors (Lipinski definition) is 6. The number of aryl methyl sites for hydroxylation is 2. The molecule has 0 N–H and O–H groups in total. The topological polar surface area (TPSA) is 86.6 Å². The van der Waals surface area contributed by atoms with Crippen molar-refractivity contribution in [3.8, 4) is 5.75 Å². The number of halogens is 2. The number of ether oxygens (including phenoxy) is 2. The first-order valence-corrected chi connectivity index (χ1v) is 12.3. The number of nitrogens with zero attached hydrogens (tertiary/aromatic N) is 4. The van der Waals surface area contributed by atoms with Crippen LogP contribution in [-0.2, 0) is 11.3 Å². The van der Waals surface area contributed by atoms with Crippen molar-refractivity contribution in [3.63, 3.8) is 0 Å². The van der Waals surface area contributed by atoms with Crippen molar-refractivity contribution in [2.24, 2.45) is 0 Å². The van der Waals surface area contributed by atoms with E-state index in [-0.39, 0.29) is 29.9 Å². The number of hydrogen-bond donors (Lipinski definition) is 0. The average molecular weight is 515 g/mol. The number of piperidine rings is 1. The van der Waals surface area contributed by atoms with Gasteiger partial charge in [0, 0.05) is 30.4 Å². The molecule has 2 aromatic heterocycles. The van der Waals surface area contributed by atoms with E-state index >= 15 is 0 Å². The minimum Gasteiger partial charge on any atom is -0.444 e. The van der Waals surface area contributed by atoms with E-state index in [2.05, 4.69) is 9.97 Å². The summed E-state index contributed by atoms with van der Waals surface area (Å²) in [5.41, 5.74) is 2.48. The summed E-state index contributed by atoms with van der Waals surface area (Å²) >= 11 is 0. The Kier molecular flexibility index (Phi) is 7.47. The van der Waals surface area contributed by atoms with E-state index in [0.717, 1.165) is 5.56 Å². The molecule has 1 saturated heterocycles. The third-order valence-electron chi connectivity index (χ3n) is 6.30. The van der Waals surface area contributed by atoms with Gasteiger partial charge in [0.05, 0.1) is 12.2 Å². The van der Waals surface area contributed by atoms with Crippen molar-refractivity contribution < 1.29 is 23.0 Å². The van der Waals surface area contributed by atoms with Crippen LogP contribution >= 0.6 is 0 Å². The maximum atomic E-state index is 13.8. The van der Waals surface area contributed by atoms with Crippen molar-refractivity contribution in [1.82, 2.24) is 19.4 Å². The van der Waals surface area contributed by atoms with Crippen molar-refractivity contribution in [2.45, 2.75) is 72.1 Å². The molecule has 37 heavy (non-hydrogen) atoms. The number of rotatable bonds is 5. The Morgan fingerprint density at radius 1 is 1.16 bits per heavy atom. The highest BCUT2D eigenvalue weighted by Crippen LogP contribution is 2.29. The second-order valence-corrected chi connectivity index (χ2v) is 10.4. The van der Waals surface area contributed by atoms with Crippen LogP contribution in [0.3, 0.4) is 0 Å². The number of fused-ring (bicyclic) bond motifs is 1. The molecule has 0 atom stereocenters. The molecule has 8 nitrogen and oxygen atoms in total. The molecule has 1 fully saturated rings. The quantitative estimate of drug-likeness (QED) is 0.467. The van der Waals surface area contributed by atoms with Gasteiger partial charge in [-0.3, -0.25) is 14.3 Å². The van der Waals surface area contributed by atoms with E-state index in [0.29, 0.717) is 53.9 Å². The van der Waals surface area contributed by atoms with Gasteiger partial charge in [-0.1, -0.05) is 12.1 Å². The molecule has 3 heterocycles. The number of likely N-dealkylation sites (tertiary alicyclic amines) is 1. The van der Waals surface area contributed by atoms with E-state index in [1.165, 1.54) is 10.6 Å². The monoisotopic (exact) mass is 514 g/mol. The Balaban J connectivity index is 1.69. The standard InChI is InChI=1S/C27H32F2N4O4/c1-16-6-7-19(22(12-16)36-25(28)29)15-33-23-21(30-14-17(2)31-23)13-20(24(33)34)18-8-10-32(11-9-18)26(35)37-27(3,4)5/h6-7,12-14,18,25H,8-11,15H2,1-5H3. The van der Waals surface area contributed by atoms with Crippen LogP contribution in [0.4, 0.5) is 13.6 Å². The zero-order valence-electron chi connectivity index (χ0n) is 21.8. The van der Waals surface area contributed by atoms with Crippen molar-refractivity contribution in [1.29, 1.82) is 0 Å². The lowest BCUT2D eigenvalue weighted by molar-refractivity contribution is -0.0505. The highest BCUT2D eigenvalue weighted by atomic mass is 19.3. The lowest BCUT2D eigenvalue weighted by atomic mass is 9.90. The number of benzene rings is 1. The van der Waals surface area contributed by atoms with Crippen LogP contribution in [0.1, 0.15) is 61.9 Å². The van der Waals surface area contributed by atoms with Crippen LogP contribution < -0.4 is 10.3 Å². The number of aromatic nitrogens is 3. The highest BCUT2D eigenvalue weighted by Gasteiger charge is 2.29. The number of alkyl halides is 2. The third-order valence-corrected chi connectivity index (χ3v) is 6.30. The zero-order valence-corrected chi connectivity index (χ0v) is 21.8. The first-order chi connectivity index (χ1) is 17.4. The van der Waals surface area contributed by atoms with Gasteiger partial charge >= 0.3 is 12.7 Å². The maximum absolute atomic E-state index is 13.8. The molecule has 0 bridgehead atoms. The van der Waals surface area contributed by atoms with Crippen LogP contribution in [0.5, 0.6) is 5.75 Å². The summed E-state index contributed by atoms with van der Waals surface area (Å²) in [6.07, 6.45) is 2.44. The number of carbonyl (C=O) groups is 1. The molecule has 0 aliphatic carbocycles. The predicted octanol–water partition coefficient (Wildman–Crippen LogP) is 5.17. The minimum atomic E-state index is -2.99. The molecule has 10 heteroatoms. The van der Waals surface area contributed by atoms with E-state index < -0.39 is 12.2 Å². The normalized spacial score (nSPS) is 14.9. The number of carbonyl (C=O) groups excluding carboxylic acids is 1. The van der Waals surface area contributed by atoms with Crippen molar-refractivity contribution in [3.05, 3.63) is 63.2 Å². The second-order valence-electron chi connectivity index (χ2n) is 10.4. The fraction of sp³-hybridized carbons (Fsp3) is 0.481. The zero-order chi connectivity index (χ0) is 26.9. The summed E-state index contributed by atoms with van der Waals surface area (Å²) in [6, 6.07) is 6.76. The van der Waals surface area contributed by atoms with E-state index in [1.807, 2.05) is 20.8 Å². The Labute approximate surface area is 214 Å². The van der Waals surface area contributed by atoms with Crippen LogP contribution in [0.2, 0.25) is 0 Å². The molecule has 1 aliphatic rings. The van der Waals surface area contributed by atoms with Gasteiger partial charge in [-0.15, -0.1) is 0 Å². The van der Waals surface area contributed by atoms with E-state index in [4.69, 9.17) is 9.47 Å². The van der Waals surface area contributed by atoms with Gasteiger partial charge in [-0.05, 0) is 71.1 Å². The average Bonchev–Trinajstić information content (AvgIpc) is 2.81. The largest absolute Gasteiger partial charge is 0.444 e. The summed E-state index contributed by atoms with van der Waals surface area (Å²) in [6.45, 7) is 6.96. The Bertz CT molecular complexity index is 1360. The van der Waals surface area contributed by atoms with Gasteiger partial charge < -0.3 is 14.4 Å². The fourth-order valence-electron chi connectivity index (χ4n) is 4.54. The molecule has 4 rings (SSSR count). The smallest absolute Gasteiger partial charge is 0.410 e. The molecule has 1 aliphatic heterocycles. The Morgan fingerprint density at radius 3 is 2.51 bits per heavy atom. The predicted molar refractivity (Wildman–Crippen MR) is 135 cm³/mol. The number of amides is 1. The molecular weight excluding hydrogens is 482 g/mol. The summed E-state index contributed by atoms with van der Waals surface area (Å²) < 4.78 is 37.9. The van der Waals surface area contributed by atoms with Gasteiger partial charge in [0.15, 0.2) is 5.65 Å².